The zero-order valence-electron chi connectivity index (χ0n) is 11.8. The molecule has 0 aliphatic carbocycles. The summed E-state index contributed by atoms with van der Waals surface area (Å²) in [4.78, 5) is 0. The standard InChI is InChI=1S/C14H17ClN2O3/c1-8-12(14(15)17(2)16-8)13(18)9-5-6-10(19-3)11(7-9)20-4/h5-7,13,18H,1-4H3. The number of rotatable bonds is 4. The molecule has 5 nitrogen and oxygen atoms in total. The van der Waals surface area contributed by atoms with Crippen molar-refractivity contribution in [2.75, 3.05) is 14.2 Å². The van der Waals surface area contributed by atoms with Crippen LogP contribution in [0.3, 0.4) is 0 Å². The number of ether oxygens (including phenoxy) is 2. The molecule has 1 aromatic heterocycles. The maximum Gasteiger partial charge on any atom is 0.161 e. The van der Waals surface area contributed by atoms with Gasteiger partial charge in [-0.05, 0) is 24.6 Å². The van der Waals surface area contributed by atoms with Crippen molar-refractivity contribution in [1.82, 2.24) is 9.78 Å². The number of aliphatic hydroxyl groups excluding tert-OH is 1. The molecular weight excluding hydrogens is 280 g/mol. The van der Waals surface area contributed by atoms with Crippen molar-refractivity contribution in [3.05, 3.63) is 40.2 Å². The van der Waals surface area contributed by atoms with E-state index in [0.29, 0.717) is 33.5 Å². The minimum absolute atomic E-state index is 0.421. The van der Waals surface area contributed by atoms with Gasteiger partial charge in [0.15, 0.2) is 11.5 Å². The molecule has 1 aromatic carbocycles. The first-order chi connectivity index (χ1) is 9.49. The Morgan fingerprint density at radius 2 is 1.90 bits per heavy atom. The molecule has 0 amide bonds. The number of hydrogen-bond donors (Lipinski definition) is 1. The molecule has 0 aliphatic heterocycles. The fraction of sp³-hybridized carbons (Fsp3) is 0.357. The Morgan fingerprint density at radius 1 is 1.25 bits per heavy atom. The maximum atomic E-state index is 10.5. The van der Waals surface area contributed by atoms with Crippen LogP contribution < -0.4 is 9.47 Å². The van der Waals surface area contributed by atoms with Gasteiger partial charge in [0.2, 0.25) is 0 Å². The number of aryl methyl sites for hydroxylation is 2. The van der Waals surface area contributed by atoms with Gasteiger partial charge in [-0.3, -0.25) is 4.68 Å². The van der Waals surface area contributed by atoms with E-state index in [2.05, 4.69) is 5.10 Å². The highest BCUT2D eigenvalue weighted by molar-refractivity contribution is 6.30. The van der Waals surface area contributed by atoms with Crippen LogP contribution in [0.25, 0.3) is 0 Å². The first-order valence-electron chi connectivity index (χ1n) is 6.08. The number of hydrogen-bond acceptors (Lipinski definition) is 4. The van der Waals surface area contributed by atoms with Crippen molar-refractivity contribution < 1.29 is 14.6 Å². The van der Waals surface area contributed by atoms with Crippen molar-refractivity contribution in [2.24, 2.45) is 7.05 Å². The third-order valence-electron chi connectivity index (χ3n) is 3.19. The summed E-state index contributed by atoms with van der Waals surface area (Å²) < 4.78 is 12.0. The van der Waals surface area contributed by atoms with E-state index >= 15 is 0 Å². The number of nitrogens with zero attached hydrogens (tertiary/aromatic N) is 2. The summed E-state index contributed by atoms with van der Waals surface area (Å²) in [6, 6.07) is 5.25. The highest BCUT2D eigenvalue weighted by Crippen LogP contribution is 2.35. The Bertz CT molecular complexity index is 625. The Kier molecular flexibility index (Phi) is 4.20. The summed E-state index contributed by atoms with van der Waals surface area (Å²) in [7, 11) is 4.85. The smallest absolute Gasteiger partial charge is 0.161 e. The topological polar surface area (TPSA) is 56.5 Å². The average Bonchev–Trinajstić information content (AvgIpc) is 2.70. The number of aliphatic hydroxyl groups is 1. The molecule has 0 fully saturated rings. The lowest BCUT2D eigenvalue weighted by atomic mass is 10.0. The Balaban J connectivity index is 2.45. The van der Waals surface area contributed by atoms with Crippen LogP contribution in [0.1, 0.15) is 22.9 Å². The van der Waals surface area contributed by atoms with E-state index in [-0.39, 0.29) is 0 Å². The summed E-state index contributed by atoms with van der Waals surface area (Å²) in [5.74, 6) is 1.17. The van der Waals surface area contributed by atoms with Gasteiger partial charge in [0.05, 0.1) is 19.9 Å². The molecule has 0 saturated carbocycles. The van der Waals surface area contributed by atoms with E-state index < -0.39 is 6.10 Å². The largest absolute Gasteiger partial charge is 0.493 e. The molecule has 108 valence electrons. The monoisotopic (exact) mass is 296 g/mol. The molecule has 1 unspecified atom stereocenters. The van der Waals surface area contributed by atoms with Crippen LogP contribution in [0.15, 0.2) is 18.2 Å². The molecule has 0 saturated heterocycles. The van der Waals surface area contributed by atoms with Crippen LogP contribution in [0.2, 0.25) is 5.15 Å². The van der Waals surface area contributed by atoms with E-state index in [0.717, 1.165) is 0 Å². The Labute approximate surface area is 122 Å². The fourth-order valence-electron chi connectivity index (χ4n) is 2.15. The van der Waals surface area contributed by atoms with E-state index in [4.69, 9.17) is 21.1 Å². The number of benzene rings is 1. The Hall–Kier alpha value is -1.72. The molecule has 2 aromatic rings. The zero-order valence-corrected chi connectivity index (χ0v) is 12.6. The lowest BCUT2D eigenvalue weighted by Crippen LogP contribution is -2.02. The van der Waals surface area contributed by atoms with Crippen molar-refractivity contribution in [2.45, 2.75) is 13.0 Å². The second kappa shape index (κ2) is 5.73. The number of aromatic nitrogens is 2. The molecule has 2 rings (SSSR count). The minimum Gasteiger partial charge on any atom is -0.493 e. The SMILES string of the molecule is COc1ccc(C(O)c2c(C)nn(C)c2Cl)cc1OC. The van der Waals surface area contributed by atoms with Crippen molar-refractivity contribution in [3.8, 4) is 11.5 Å². The second-order valence-corrected chi connectivity index (χ2v) is 4.79. The van der Waals surface area contributed by atoms with E-state index in [1.165, 1.54) is 4.68 Å². The van der Waals surface area contributed by atoms with Gasteiger partial charge >= 0.3 is 0 Å². The van der Waals surface area contributed by atoms with Gasteiger partial charge in [-0.2, -0.15) is 5.10 Å². The van der Waals surface area contributed by atoms with Crippen LogP contribution in [0.5, 0.6) is 11.5 Å². The van der Waals surface area contributed by atoms with Crippen LogP contribution in [0.4, 0.5) is 0 Å². The third-order valence-corrected chi connectivity index (χ3v) is 3.64. The molecule has 1 heterocycles. The van der Waals surface area contributed by atoms with Gasteiger partial charge < -0.3 is 14.6 Å². The molecule has 6 heteroatoms. The summed E-state index contributed by atoms with van der Waals surface area (Å²) >= 11 is 6.18. The molecule has 1 atom stereocenters. The highest BCUT2D eigenvalue weighted by Gasteiger charge is 2.22. The zero-order chi connectivity index (χ0) is 14.9. The molecule has 0 bridgehead atoms. The second-order valence-electron chi connectivity index (χ2n) is 4.43. The molecular formula is C14H17ClN2O3. The van der Waals surface area contributed by atoms with Crippen LogP contribution in [0, 0.1) is 6.92 Å². The van der Waals surface area contributed by atoms with Crippen molar-refractivity contribution in [1.29, 1.82) is 0 Å². The van der Waals surface area contributed by atoms with Gasteiger partial charge in [0, 0.05) is 12.6 Å². The number of halogens is 1. The average molecular weight is 297 g/mol. The van der Waals surface area contributed by atoms with Gasteiger partial charge in [-0.25, -0.2) is 0 Å². The van der Waals surface area contributed by atoms with Crippen LogP contribution in [-0.2, 0) is 7.05 Å². The molecule has 0 spiro atoms. The van der Waals surface area contributed by atoms with E-state index in [9.17, 15) is 5.11 Å². The van der Waals surface area contributed by atoms with Gasteiger partial charge in [0.25, 0.3) is 0 Å². The molecule has 0 aliphatic rings. The summed E-state index contributed by atoms with van der Waals surface area (Å²) in [5.41, 5.74) is 1.96. The maximum absolute atomic E-state index is 10.5. The minimum atomic E-state index is -0.865. The fourth-order valence-corrected chi connectivity index (χ4v) is 2.42. The highest BCUT2D eigenvalue weighted by atomic mass is 35.5. The van der Waals surface area contributed by atoms with Gasteiger partial charge in [-0.15, -0.1) is 0 Å². The predicted molar refractivity (Wildman–Crippen MR) is 76.6 cm³/mol. The van der Waals surface area contributed by atoms with Crippen LogP contribution >= 0.6 is 11.6 Å². The summed E-state index contributed by atoms with van der Waals surface area (Å²) in [6.07, 6.45) is -0.865. The normalized spacial score (nSPS) is 12.3. The quantitative estimate of drug-likeness (QED) is 0.942. The lowest BCUT2D eigenvalue weighted by molar-refractivity contribution is 0.218. The third kappa shape index (κ3) is 2.46. The molecule has 1 N–H and O–H groups in total. The van der Waals surface area contributed by atoms with Gasteiger partial charge in [-0.1, -0.05) is 17.7 Å². The van der Waals surface area contributed by atoms with Crippen molar-refractivity contribution in [3.63, 3.8) is 0 Å². The predicted octanol–water partition coefficient (Wildman–Crippen LogP) is 2.48. The first kappa shape index (κ1) is 14.7. The molecule has 20 heavy (non-hydrogen) atoms. The first-order valence-corrected chi connectivity index (χ1v) is 6.46. The van der Waals surface area contributed by atoms with Gasteiger partial charge in [0.1, 0.15) is 11.3 Å². The summed E-state index contributed by atoms with van der Waals surface area (Å²) in [6.45, 7) is 1.81. The van der Waals surface area contributed by atoms with E-state index in [1.54, 1.807) is 39.5 Å². The lowest BCUT2D eigenvalue weighted by Gasteiger charge is -2.14. The number of methoxy groups -OCH3 is 2. The van der Waals surface area contributed by atoms with Crippen LogP contribution in [-0.4, -0.2) is 29.1 Å². The van der Waals surface area contributed by atoms with E-state index in [1.807, 2.05) is 6.92 Å². The van der Waals surface area contributed by atoms with Crippen molar-refractivity contribution >= 4 is 11.6 Å². The summed E-state index contributed by atoms with van der Waals surface area (Å²) in [5, 5.41) is 15.1. The Morgan fingerprint density at radius 3 is 2.40 bits per heavy atom. The molecule has 0 radical (unpaired) electrons.